The van der Waals surface area contributed by atoms with Crippen LogP contribution in [-0.2, 0) is 0 Å². The van der Waals surface area contributed by atoms with Crippen molar-refractivity contribution >= 4 is 5.95 Å². The predicted molar refractivity (Wildman–Crippen MR) is 65.4 cm³/mol. The first-order valence-electron chi connectivity index (χ1n) is 5.33. The molecule has 0 aliphatic rings. The predicted octanol–water partition coefficient (Wildman–Crippen LogP) is 1.41. The number of nitrogens with two attached hydrogens (primary N) is 1. The summed E-state index contributed by atoms with van der Waals surface area (Å²) >= 11 is 0. The summed E-state index contributed by atoms with van der Waals surface area (Å²) in [5.41, 5.74) is 2.77. The highest BCUT2D eigenvalue weighted by molar-refractivity contribution is 5.32. The fourth-order valence-corrected chi connectivity index (χ4v) is 1.28. The summed E-state index contributed by atoms with van der Waals surface area (Å²) in [6, 6.07) is 4.41. The van der Waals surface area contributed by atoms with Crippen LogP contribution in [0.1, 0.15) is 5.56 Å². The highest BCUT2D eigenvalue weighted by atomic mass is 19.1. The molecule has 19 heavy (non-hydrogen) atoms. The maximum absolute atomic E-state index is 13.4. The van der Waals surface area contributed by atoms with Crippen LogP contribution in [0, 0.1) is 12.7 Å². The van der Waals surface area contributed by atoms with Crippen LogP contribution in [0.15, 0.2) is 18.2 Å². The summed E-state index contributed by atoms with van der Waals surface area (Å²) in [5, 5.41) is 0. The fourth-order valence-electron chi connectivity index (χ4n) is 1.28. The number of methoxy groups -OCH3 is 1. The minimum absolute atomic E-state index is 0.0329. The van der Waals surface area contributed by atoms with E-state index in [-0.39, 0.29) is 29.5 Å². The van der Waals surface area contributed by atoms with Gasteiger partial charge in [-0.15, -0.1) is 4.98 Å². The third-order valence-electron chi connectivity index (χ3n) is 2.26. The zero-order valence-electron chi connectivity index (χ0n) is 10.3. The smallest absolute Gasteiger partial charge is 0.330 e. The van der Waals surface area contributed by atoms with Crippen molar-refractivity contribution in [2.24, 2.45) is 5.84 Å². The minimum Gasteiger partial charge on any atom is -0.467 e. The highest BCUT2D eigenvalue weighted by Crippen LogP contribution is 2.22. The molecule has 0 fully saturated rings. The molecular weight excluding hydrogens is 253 g/mol. The molecule has 100 valence electrons. The fraction of sp³-hybridized carbons (Fsp3) is 0.182. The highest BCUT2D eigenvalue weighted by Gasteiger charge is 2.09. The van der Waals surface area contributed by atoms with Gasteiger partial charge in [-0.2, -0.15) is 9.97 Å². The number of halogens is 1. The molecule has 0 saturated heterocycles. The second-order valence-corrected chi connectivity index (χ2v) is 3.59. The van der Waals surface area contributed by atoms with Gasteiger partial charge in [-0.05, 0) is 18.6 Å². The number of nitrogens with zero attached hydrogens (tertiary/aromatic N) is 3. The van der Waals surface area contributed by atoms with Crippen LogP contribution in [0.2, 0.25) is 0 Å². The number of nitrogens with one attached hydrogen (secondary N) is 1. The SMILES string of the molecule is COc1nc(NN)nc(Oc2ccc(C)c(F)c2)n1. The lowest BCUT2D eigenvalue weighted by atomic mass is 10.2. The van der Waals surface area contributed by atoms with Gasteiger partial charge in [0.1, 0.15) is 11.6 Å². The Kier molecular flexibility index (Phi) is 3.71. The zero-order chi connectivity index (χ0) is 13.8. The monoisotopic (exact) mass is 265 g/mol. The first kappa shape index (κ1) is 13.0. The van der Waals surface area contributed by atoms with Crippen LogP contribution >= 0.6 is 0 Å². The Morgan fingerprint density at radius 2 is 1.95 bits per heavy atom. The number of benzene rings is 1. The molecular formula is C11H12FN5O2. The maximum atomic E-state index is 13.4. The number of aromatic nitrogens is 3. The van der Waals surface area contributed by atoms with Crippen LogP contribution in [-0.4, -0.2) is 22.1 Å². The molecule has 1 aromatic carbocycles. The van der Waals surface area contributed by atoms with E-state index >= 15 is 0 Å². The number of aryl methyl sites for hydroxylation is 1. The Morgan fingerprint density at radius 1 is 1.21 bits per heavy atom. The van der Waals surface area contributed by atoms with Gasteiger partial charge in [0.25, 0.3) is 0 Å². The van der Waals surface area contributed by atoms with E-state index in [9.17, 15) is 4.39 Å². The van der Waals surface area contributed by atoms with Crippen molar-refractivity contribution in [2.75, 3.05) is 12.5 Å². The molecule has 7 nitrogen and oxygen atoms in total. The van der Waals surface area contributed by atoms with E-state index in [0.717, 1.165) is 0 Å². The van der Waals surface area contributed by atoms with E-state index in [1.165, 1.54) is 13.2 Å². The molecule has 3 N–H and O–H groups in total. The Balaban J connectivity index is 2.29. The number of hydrogen-bond donors (Lipinski definition) is 2. The lowest BCUT2D eigenvalue weighted by Crippen LogP contribution is -2.12. The van der Waals surface area contributed by atoms with Gasteiger partial charge in [-0.25, -0.2) is 10.2 Å². The van der Waals surface area contributed by atoms with Crippen LogP contribution < -0.4 is 20.7 Å². The van der Waals surface area contributed by atoms with E-state index in [1.54, 1.807) is 19.1 Å². The van der Waals surface area contributed by atoms with Crippen LogP contribution in [0.25, 0.3) is 0 Å². The molecule has 2 aromatic rings. The van der Waals surface area contributed by atoms with E-state index in [2.05, 4.69) is 20.4 Å². The van der Waals surface area contributed by atoms with E-state index < -0.39 is 0 Å². The van der Waals surface area contributed by atoms with Crippen molar-refractivity contribution in [2.45, 2.75) is 6.92 Å². The molecule has 2 rings (SSSR count). The first-order chi connectivity index (χ1) is 9.12. The number of rotatable bonds is 4. The van der Waals surface area contributed by atoms with Crippen LogP contribution in [0.3, 0.4) is 0 Å². The average molecular weight is 265 g/mol. The van der Waals surface area contributed by atoms with E-state index in [0.29, 0.717) is 5.56 Å². The van der Waals surface area contributed by atoms with E-state index in [1.807, 2.05) is 0 Å². The third-order valence-corrected chi connectivity index (χ3v) is 2.26. The molecule has 0 unspecified atom stereocenters. The lowest BCUT2D eigenvalue weighted by molar-refractivity contribution is 0.359. The Bertz CT molecular complexity index is 571. The summed E-state index contributed by atoms with van der Waals surface area (Å²) < 4.78 is 23.6. The molecule has 0 amide bonds. The maximum Gasteiger partial charge on any atom is 0.330 e. The number of hydrazine groups is 1. The van der Waals surface area contributed by atoms with Gasteiger partial charge in [-0.1, -0.05) is 6.07 Å². The van der Waals surface area contributed by atoms with Gasteiger partial charge in [0.2, 0.25) is 5.95 Å². The van der Waals surface area contributed by atoms with Crippen molar-refractivity contribution in [1.29, 1.82) is 0 Å². The largest absolute Gasteiger partial charge is 0.467 e. The summed E-state index contributed by atoms with van der Waals surface area (Å²) in [7, 11) is 1.39. The second kappa shape index (κ2) is 5.44. The van der Waals surface area contributed by atoms with Crippen molar-refractivity contribution in [3.8, 4) is 17.8 Å². The number of hydrogen-bond acceptors (Lipinski definition) is 7. The summed E-state index contributed by atoms with van der Waals surface area (Å²) in [5.74, 6) is 5.17. The molecule has 0 atom stereocenters. The Morgan fingerprint density at radius 3 is 2.58 bits per heavy atom. The molecule has 0 bridgehead atoms. The summed E-state index contributed by atoms with van der Waals surface area (Å²) in [6.07, 6.45) is 0. The number of anilines is 1. The standard InChI is InChI=1S/C11H12FN5O2/c1-6-3-4-7(5-8(6)12)19-11-15-9(17-13)14-10(16-11)18-2/h3-5H,13H2,1-2H3,(H,14,15,16,17). The molecule has 8 heteroatoms. The van der Waals surface area contributed by atoms with Crippen LogP contribution in [0.5, 0.6) is 17.8 Å². The summed E-state index contributed by atoms with van der Waals surface area (Å²) in [6.45, 7) is 1.65. The molecule has 1 heterocycles. The Labute approximate surface area is 108 Å². The molecule has 0 aliphatic heterocycles. The first-order valence-corrected chi connectivity index (χ1v) is 5.33. The van der Waals surface area contributed by atoms with Gasteiger partial charge in [0.05, 0.1) is 7.11 Å². The van der Waals surface area contributed by atoms with Crippen molar-refractivity contribution in [1.82, 2.24) is 15.0 Å². The zero-order valence-corrected chi connectivity index (χ0v) is 10.3. The van der Waals surface area contributed by atoms with Gasteiger partial charge in [0.15, 0.2) is 0 Å². The molecule has 1 aromatic heterocycles. The molecule has 0 saturated carbocycles. The van der Waals surface area contributed by atoms with Gasteiger partial charge in [0, 0.05) is 6.07 Å². The third kappa shape index (κ3) is 3.05. The molecule has 0 radical (unpaired) electrons. The van der Waals surface area contributed by atoms with Gasteiger partial charge < -0.3 is 9.47 Å². The lowest BCUT2D eigenvalue weighted by Gasteiger charge is -2.07. The molecule has 0 spiro atoms. The average Bonchev–Trinajstić information content (AvgIpc) is 2.42. The van der Waals surface area contributed by atoms with Crippen molar-refractivity contribution < 1.29 is 13.9 Å². The quantitative estimate of drug-likeness (QED) is 0.637. The molecule has 0 aliphatic carbocycles. The Hall–Kier alpha value is -2.48. The van der Waals surface area contributed by atoms with Gasteiger partial charge in [-0.3, -0.25) is 5.43 Å². The topological polar surface area (TPSA) is 95.2 Å². The number of ether oxygens (including phenoxy) is 2. The second-order valence-electron chi connectivity index (χ2n) is 3.59. The van der Waals surface area contributed by atoms with E-state index in [4.69, 9.17) is 15.3 Å². The van der Waals surface area contributed by atoms with Crippen LogP contribution in [0.4, 0.5) is 10.3 Å². The summed E-state index contributed by atoms with van der Waals surface area (Å²) in [4.78, 5) is 11.5. The normalized spacial score (nSPS) is 10.1. The minimum atomic E-state index is -0.379. The van der Waals surface area contributed by atoms with Gasteiger partial charge >= 0.3 is 12.0 Å². The van der Waals surface area contributed by atoms with Crippen molar-refractivity contribution in [3.63, 3.8) is 0 Å². The van der Waals surface area contributed by atoms with Crippen molar-refractivity contribution in [3.05, 3.63) is 29.6 Å². The number of nitrogen functional groups attached to an aromatic ring is 1.